The number of pyridine rings is 1. The third kappa shape index (κ3) is 6.02. The van der Waals surface area contributed by atoms with Crippen LogP contribution in [0.25, 0.3) is 0 Å². The van der Waals surface area contributed by atoms with Gasteiger partial charge in [-0.25, -0.2) is 0 Å². The van der Waals surface area contributed by atoms with Crippen molar-refractivity contribution >= 4 is 5.91 Å². The molecule has 0 radical (unpaired) electrons. The number of hydrogen-bond donors (Lipinski definition) is 2. The number of carbonyl (C=O) groups is 1. The van der Waals surface area contributed by atoms with E-state index in [0.717, 1.165) is 30.8 Å². The highest BCUT2D eigenvalue weighted by Gasteiger charge is 1.99. The highest BCUT2D eigenvalue weighted by Crippen LogP contribution is 1.98. The van der Waals surface area contributed by atoms with Crippen molar-refractivity contribution < 1.29 is 4.79 Å². The molecule has 0 unspecified atom stereocenters. The smallest absolute Gasteiger partial charge is 0.221 e. The Morgan fingerprint density at radius 3 is 2.82 bits per heavy atom. The average Bonchev–Trinajstić information content (AvgIpc) is 2.34. The molecule has 0 aliphatic carbocycles. The van der Waals surface area contributed by atoms with Gasteiger partial charge in [-0.1, -0.05) is 13.0 Å². The summed E-state index contributed by atoms with van der Waals surface area (Å²) < 4.78 is 0. The molecule has 17 heavy (non-hydrogen) atoms. The van der Waals surface area contributed by atoms with Crippen LogP contribution in [0.4, 0.5) is 0 Å². The molecule has 0 saturated carbocycles. The van der Waals surface area contributed by atoms with Gasteiger partial charge in [0.2, 0.25) is 5.91 Å². The third-order valence-corrected chi connectivity index (χ3v) is 2.40. The Morgan fingerprint density at radius 1 is 1.35 bits per heavy atom. The number of aryl methyl sites for hydroxylation is 1. The summed E-state index contributed by atoms with van der Waals surface area (Å²) in [4.78, 5) is 15.5. The standard InChI is InChI=1S/C13H21N3O/c1-3-7-15-13(17)6-8-14-9-12-5-4-11(2)16-10-12/h4-5,10,14H,3,6-9H2,1-2H3,(H,15,17). The maximum absolute atomic E-state index is 11.3. The fourth-order valence-corrected chi connectivity index (χ4v) is 1.39. The van der Waals surface area contributed by atoms with Crippen LogP contribution in [0.5, 0.6) is 0 Å². The lowest BCUT2D eigenvalue weighted by molar-refractivity contribution is -0.120. The first-order valence-corrected chi connectivity index (χ1v) is 6.11. The number of nitrogens with one attached hydrogen (secondary N) is 2. The first kappa shape index (κ1) is 13.6. The van der Waals surface area contributed by atoms with E-state index >= 15 is 0 Å². The van der Waals surface area contributed by atoms with E-state index in [0.29, 0.717) is 13.0 Å². The first-order valence-electron chi connectivity index (χ1n) is 6.11. The molecule has 4 nitrogen and oxygen atoms in total. The number of aromatic nitrogens is 1. The predicted molar refractivity (Wildman–Crippen MR) is 68.6 cm³/mol. The zero-order chi connectivity index (χ0) is 12.5. The van der Waals surface area contributed by atoms with E-state index in [9.17, 15) is 4.79 Å². The van der Waals surface area contributed by atoms with E-state index in [-0.39, 0.29) is 5.91 Å². The van der Waals surface area contributed by atoms with Crippen LogP contribution in [-0.4, -0.2) is 24.0 Å². The SMILES string of the molecule is CCCNC(=O)CCNCc1ccc(C)nc1. The lowest BCUT2D eigenvalue weighted by Gasteiger charge is -2.05. The van der Waals surface area contributed by atoms with Crippen molar-refractivity contribution in [3.05, 3.63) is 29.6 Å². The van der Waals surface area contributed by atoms with Gasteiger partial charge in [0.15, 0.2) is 0 Å². The van der Waals surface area contributed by atoms with E-state index in [2.05, 4.69) is 15.6 Å². The van der Waals surface area contributed by atoms with Gasteiger partial charge in [0.05, 0.1) is 0 Å². The Labute approximate surface area is 103 Å². The van der Waals surface area contributed by atoms with Crippen molar-refractivity contribution in [1.82, 2.24) is 15.6 Å². The Morgan fingerprint density at radius 2 is 2.18 bits per heavy atom. The summed E-state index contributed by atoms with van der Waals surface area (Å²) in [5.74, 6) is 0.112. The largest absolute Gasteiger partial charge is 0.356 e. The fourth-order valence-electron chi connectivity index (χ4n) is 1.39. The Kier molecular flexibility index (Phi) is 6.25. The van der Waals surface area contributed by atoms with Crippen LogP contribution in [0.1, 0.15) is 31.0 Å². The second-order valence-electron chi connectivity index (χ2n) is 4.08. The summed E-state index contributed by atoms with van der Waals surface area (Å²) in [7, 11) is 0. The lowest BCUT2D eigenvalue weighted by atomic mass is 10.2. The Bertz CT molecular complexity index is 335. The fraction of sp³-hybridized carbons (Fsp3) is 0.538. The molecule has 0 aliphatic heterocycles. The molecule has 1 aromatic rings. The van der Waals surface area contributed by atoms with Gasteiger partial charge < -0.3 is 10.6 Å². The molecule has 2 N–H and O–H groups in total. The molecule has 1 heterocycles. The van der Waals surface area contributed by atoms with Crippen LogP contribution in [0, 0.1) is 6.92 Å². The van der Waals surface area contributed by atoms with Crippen LogP contribution in [0.2, 0.25) is 0 Å². The monoisotopic (exact) mass is 235 g/mol. The van der Waals surface area contributed by atoms with Crippen LogP contribution >= 0.6 is 0 Å². The van der Waals surface area contributed by atoms with Crippen molar-refractivity contribution in [3.8, 4) is 0 Å². The molecular formula is C13H21N3O. The summed E-state index contributed by atoms with van der Waals surface area (Å²) >= 11 is 0. The van der Waals surface area contributed by atoms with E-state index in [1.54, 1.807) is 0 Å². The summed E-state index contributed by atoms with van der Waals surface area (Å²) in [5, 5.41) is 6.07. The number of hydrogen-bond acceptors (Lipinski definition) is 3. The van der Waals surface area contributed by atoms with Crippen molar-refractivity contribution in [2.24, 2.45) is 0 Å². The molecule has 0 atom stereocenters. The Hall–Kier alpha value is -1.42. The molecule has 0 bridgehead atoms. The highest BCUT2D eigenvalue weighted by molar-refractivity contribution is 5.75. The van der Waals surface area contributed by atoms with Crippen molar-refractivity contribution in [3.63, 3.8) is 0 Å². The quantitative estimate of drug-likeness (QED) is 0.702. The van der Waals surface area contributed by atoms with E-state index < -0.39 is 0 Å². The Balaban J connectivity index is 2.11. The first-order chi connectivity index (χ1) is 8.22. The van der Waals surface area contributed by atoms with Crippen LogP contribution in [0.15, 0.2) is 18.3 Å². The molecule has 0 aliphatic rings. The van der Waals surface area contributed by atoms with E-state index in [4.69, 9.17) is 0 Å². The molecule has 0 spiro atoms. The topological polar surface area (TPSA) is 54.0 Å². The van der Waals surface area contributed by atoms with Crippen LogP contribution < -0.4 is 10.6 Å². The minimum Gasteiger partial charge on any atom is -0.356 e. The summed E-state index contributed by atoms with van der Waals surface area (Å²) in [5.41, 5.74) is 2.16. The normalized spacial score (nSPS) is 10.2. The minimum atomic E-state index is 0.112. The zero-order valence-corrected chi connectivity index (χ0v) is 10.6. The molecule has 0 saturated heterocycles. The average molecular weight is 235 g/mol. The maximum Gasteiger partial charge on any atom is 0.221 e. The molecular weight excluding hydrogens is 214 g/mol. The predicted octanol–water partition coefficient (Wildman–Crippen LogP) is 1.40. The van der Waals surface area contributed by atoms with Gasteiger partial charge in [-0.3, -0.25) is 9.78 Å². The molecule has 1 amide bonds. The third-order valence-electron chi connectivity index (χ3n) is 2.40. The van der Waals surface area contributed by atoms with E-state index in [1.807, 2.05) is 32.2 Å². The lowest BCUT2D eigenvalue weighted by Crippen LogP contribution is -2.28. The minimum absolute atomic E-state index is 0.112. The molecule has 94 valence electrons. The zero-order valence-electron chi connectivity index (χ0n) is 10.6. The van der Waals surface area contributed by atoms with E-state index in [1.165, 1.54) is 0 Å². The maximum atomic E-state index is 11.3. The molecule has 1 aromatic heterocycles. The van der Waals surface area contributed by atoms with Crippen molar-refractivity contribution in [2.45, 2.75) is 33.2 Å². The van der Waals surface area contributed by atoms with Crippen LogP contribution in [-0.2, 0) is 11.3 Å². The highest BCUT2D eigenvalue weighted by atomic mass is 16.1. The number of amides is 1. The van der Waals surface area contributed by atoms with Gasteiger partial charge in [-0.05, 0) is 25.0 Å². The summed E-state index contributed by atoms with van der Waals surface area (Å²) in [6.07, 6.45) is 3.37. The summed E-state index contributed by atoms with van der Waals surface area (Å²) in [6, 6.07) is 4.04. The van der Waals surface area contributed by atoms with Crippen LogP contribution in [0.3, 0.4) is 0 Å². The van der Waals surface area contributed by atoms with Gasteiger partial charge in [0.1, 0.15) is 0 Å². The number of carbonyl (C=O) groups excluding carboxylic acids is 1. The van der Waals surface area contributed by atoms with Crippen molar-refractivity contribution in [1.29, 1.82) is 0 Å². The second-order valence-corrected chi connectivity index (χ2v) is 4.08. The van der Waals surface area contributed by atoms with Gasteiger partial charge in [0.25, 0.3) is 0 Å². The van der Waals surface area contributed by atoms with Gasteiger partial charge in [-0.2, -0.15) is 0 Å². The molecule has 0 fully saturated rings. The molecule has 1 rings (SSSR count). The molecule has 4 heteroatoms. The van der Waals surface area contributed by atoms with Gasteiger partial charge >= 0.3 is 0 Å². The van der Waals surface area contributed by atoms with Crippen molar-refractivity contribution in [2.75, 3.05) is 13.1 Å². The van der Waals surface area contributed by atoms with Gasteiger partial charge in [0, 0.05) is 37.9 Å². The summed E-state index contributed by atoms with van der Waals surface area (Å²) in [6.45, 7) is 6.23. The number of nitrogens with zero attached hydrogens (tertiary/aromatic N) is 1. The number of rotatable bonds is 7. The molecule has 0 aromatic carbocycles. The van der Waals surface area contributed by atoms with Gasteiger partial charge in [-0.15, -0.1) is 0 Å². The second kappa shape index (κ2) is 7.79.